The lowest BCUT2D eigenvalue weighted by molar-refractivity contribution is -0.134. The zero-order chi connectivity index (χ0) is 15.8. The van der Waals surface area contributed by atoms with Crippen molar-refractivity contribution in [2.24, 2.45) is 5.41 Å². The summed E-state index contributed by atoms with van der Waals surface area (Å²) in [5.74, 6) is -0.0552. The first-order valence-electron chi connectivity index (χ1n) is 6.26. The highest BCUT2D eigenvalue weighted by atomic mass is 127. The average molecular weight is 512 g/mol. The summed E-state index contributed by atoms with van der Waals surface area (Å²) in [4.78, 5) is 22.5. The molecule has 8 heteroatoms. The molecule has 0 heterocycles. The second-order valence-electron chi connectivity index (χ2n) is 5.75. The number of hydrogen-bond donors (Lipinski definition) is 2. The van der Waals surface area contributed by atoms with Gasteiger partial charge in [-0.25, -0.2) is 4.79 Å². The van der Waals surface area contributed by atoms with Crippen molar-refractivity contribution in [3.63, 3.8) is 0 Å². The van der Waals surface area contributed by atoms with Gasteiger partial charge in [0, 0.05) is 6.54 Å². The van der Waals surface area contributed by atoms with Crippen molar-refractivity contribution in [3.8, 4) is 0 Å². The fourth-order valence-electron chi connectivity index (χ4n) is 1.37. The maximum atomic E-state index is 11.7. The van der Waals surface area contributed by atoms with Crippen LogP contribution in [0, 0.1) is 5.41 Å². The molecule has 0 aromatic carbocycles. The highest BCUT2D eigenvalue weighted by molar-refractivity contribution is 14.1. The smallest absolute Gasteiger partial charge is 0.378 e. The summed E-state index contributed by atoms with van der Waals surface area (Å²) in [7, 11) is 0. The lowest BCUT2D eigenvalue weighted by Gasteiger charge is -2.30. The van der Waals surface area contributed by atoms with Crippen LogP contribution in [0.25, 0.3) is 0 Å². The predicted molar refractivity (Wildman–Crippen MR) is 93.7 cm³/mol. The van der Waals surface area contributed by atoms with Crippen molar-refractivity contribution in [3.05, 3.63) is 0 Å². The van der Waals surface area contributed by atoms with Crippen molar-refractivity contribution in [2.75, 3.05) is 13.2 Å². The fraction of sp³-hybridized carbons (Fsp3) is 0.833. The van der Waals surface area contributed by atoms with Crippen LogP contribution >= 0.6 is 45.9 Å². The Hall–Kier alpha value is 0.160. The van der Waals surface area contributed by atoms with E-state index in [0.717, 1.165) is 12.8 Å². The topological polar surface area (TPSA) is 76.7 Å². The molecule has 0 aliphatic heterocycles. The SMILES string of the molecule is CC(C)(CCCNC(=O)OI)OCC(C)(C)C(=O)NI. The van der Waals surface area contributed by atoms with Gasteiger partial charge in [-0.15, -0.1) is 0 Å². The quantitative estimate of drug-likeness (QED) is 0.298. The highest BCUT2D eigenvalue weighted by Crippen LogP contribution is 2.23. The molecular formula is C12H22I2N2O4. The number of halogens is 2. The number of nitrogens with one attached hydrogen (secondary N) is 2. The van der Waals surface area contributed by atoms with Crippen LogP contribution in [0.1, 0.15) is 40.5 Å². The fourth-order valence-corrected chi connectivity index (χ4v) is 2.26. The Bertz CT molecular complexity index is 335. The van der Waals surface area contributed by atoms with E-state index in [0.29, 0.717) is 13.2 Å². The summed E-state index contributed by atoms with van der Waals surface area (Å²) in [5.41, 5.74) is -0.916. The molecular weight excluding hydrogens is 490 g/mol. The first-order valence-corrected chi connectivity index (χ1v) is 8.22. The number of carbonyl (C=O) groups excluding carboxylic acids is 2. The molecule has 0 unspecified atom stereocenters. The van der Waals surface area contributed by atoms with Gasteiger partial charge in [-0.2, -0.15) is 0 Å². The molecule has 0 spiro atoms. The Morgan fingerprint density at radius 2 is 1.80 bits per heavy atom. The normalized spacial score (nSPS) is 11.9. The zero-order valence-corrected chi connectivity index (χ0v) is 16.5. The van der Waals surface area contributed by atoms with Gasteiger partial charge in [0.15, 0.2) is 23.0 Å². The van der Waals surface area contributed by atoms with Crippen LogP contribution in [0.2, 0.25) is 0 Å². The lowest BCUT2D eigenvalue weighted by Crippen LogP contribution is -2.39. The molecule has 0 atom stereocenters. The van der Waals surface area contributed by atoms with E-state index in [2.05, 4.69) is 11.9 Å². The molecule has 0 radical (unpaired) electrons. The second-order valence-corrected chi connectivity index (χ2v) is 6.73. The molecule has 20 heavy (non-hydrogen) atoms. The van der Waals surface area contributed by atoms with E-state index >= 15 is 0 Å². The average Bonchev–Trinajstić information content (AvgIpc) is 2.40. The molecule has 2 N–H and O–H groups in total. The first kappa shape index (κ1) is 20.2. The molecule has 0 rings (SSSR count). The van der Waals surface area contributed by atoms with E-state index in [1.54, 1.807) is 0 Å². The number of ether oxygens (including phenoxy) is 1. The third-order valence-corrected chi connectivity index (χ3v) is 3.71. The van der Waals surface area contributed by atoms with Crippen LogP contribution < -0.4 is 8.85 Å². The van der Waals surface area contributed by atoms with Crippen LogP contribution in [-0.4, -0.2) is 30.8 Å². The predicted octanol–water partition coefficient (Wildman–Crippen LogP) is 3.13. The van der Waals surface area contributed by atoms with E-state index in [1.807, 2.05) is 50.6 Å². The summed E-state index contributed by atoms with van der Waals surface area (Å²) < 4.78 is 12.9. The summed E-state index contributed by atoms with van der Waals surface area (Å²) >= 11 is 3.37. The Labute approximate surface area is 148 Å². The van der Waals surface area contributed by atoms with Gasteiger partial charge in [-0.1, -0.05) is 0 Å². The van der Waals surface area contributed by atoms with Crippen LogP contribution in [0.3, 0.4) is 0 Å². The number of carbonyl (C=O) groups is 2. The summed E-state index contributed by atoms with van der Waals surface area (Å²) in [6, 6.07) is 0. The third-order valence-electron chi connectivity index (χ3n) is 2.82. The molecule has 2 amide bonds. The Morgan fingerprint density at radius 3 is 2.30 bits per heavy atom. The Morgan fingerprint density at radius 1 is 1.20 bits per heavy atom. The molecule has 6 nitrogen and oxygen atoms in total. The molecule has 118 valence electrons. The number of hydrogen-bond acceptors (Lipinski definition) is 4. The standard InChI is InChI=1S/C12H22I2N2O4/c1-11(2,9(17)16-13)8-19-12(3,4)6-5-7-15-10(18)20-14/h5-8H2,1-4H3,(H,15,18)(H,16,17). The van der Waals surface area contributed by atoms with Gasteiger partial charge >= 0.3 is 6.09 Å². The molecule has 0 aromatic heterocycles. The van der Waals surface area contributed by atoms with Crippen LogP contribution in [0.4, 0.5) is 4.79 Å². The van der Waals surface area contributed by atoms with Gasteiger partial charge in [0.2, 0.25) is 5.91 Å². The molecule has 0 aliphatic rings. The van der Waals surface area contributed by atoms with Gasteiger partial charge in [0.05, 0.1) is 40.5 Å². The summed E-state index contributed by atoms with van der Waals surface area (Å²) in [6.45, 7) is 8.51. The maximum absolute atomic E-state index is 11.7. The Kier molecular flexibility index (Phi) is 9.31. The van der Waals surface area contributed by atoms with Crippen molar-refractivity contribution < 1.29 is 17.4 Å². The molecule has 0 saturated heterocycles. The van der Waals surface area contributed by atoms with Crippen LogP contribution in [0.15, 0.2) is 0 Å². The van der Waals surface area contributed by atoms with Gasteiger partial charge < -0.3 is 13.1 Å². The van der Waals surface area contributed by atoms with Crippen LogP contribution in [0.5, 0.6) is 0 Å². The van der Waals surface area contributed by atoms with Crippen molar-refractivity contribution in [1.29, 1.82) is 0 Å². The second kappa shape index (κ2) is 9.23. The minimum Gasteiger partial charge on any atom is -0.378 e. The first-order chi connectivity index (χ1) is 9.14. The molecule has 0 fully saturated rings. The van der Waals surface area contributed by atoms with E-state index in [-0.39, 0.29) is 11.5 Å². The van der Waals surface area contributed by atoms with E-state index in [9.17, 15) is 9.59 Å². The maximum Gasteiger partial charge on any atom is 0.416 e. The highest BCUT2D eigenvalue weighted by Gasteiger charge is 2.30. The van der Waals surface area contributed by atoms with E-state index in [4.69, 9.17) is 4.74 Å². The van der Waals surface area contributed by atoms with Crippen molar-refractivity contribution in [1.82, 2.24) is 8.85 Å². The minimum absolute atomic E-state index is 0.0552. The lowest BCUT2D eigenvalue weighted by atomic mass is 9.93. The molecule has 0 bridgehead atoms. The largest absolute Gasteiger partial charge is 0.416 e. The number of amides is 2. The van der Waals surface area contributed by atoms with Crippen molar-refractivity contribution in [2.45, 2.75) is 46.1 Å². The van der Waals surface area contributed by atoms with Crippen LogP contribution in [-0.2, 0) is 12.6 Å². The number of rotatable bonds is 8. The third kappa shape index (κ3) is 8.45. The van der Waals surface area contributed by atoms with Gasteiger partial charge in [0.1, 0.15) is 0 Å². The van der Waals surface area contributed by atoms with Gasteiger partial charge in [0.25, 0.3) is 0 Å². The molecule has 0 aromatic rings. The minimum atomic E-state index is -0.568. The zero-order valence-electron chi connectivity index (χ0n) is 12.2. The Balaban J connectivity index is 4.07. The van der Waals surface area contributed by atoms with E-state index < -0.39 is 11.5 Å². The van der Waals surface area contributed by atoms with E-state index in [1.165, 1.54) is 23.0 Å². The van der Waals surface area contributed by atoms with Crippen molar-refractivity contribution >= 4 is 57.9 Å². The summed E-state index contributed by atoms with van der Waals surface area (Å²) in [5, 5.41) is 2.62. The molecule has 0 saturated carbocycles. The molecule has 0 aliphatic carbocycles. The van der Waals surface area contributed by atoms with Gasteiger partial charge in [-0.05, 0) is 40.5 Å². The summed E-state index contributed by atoms with van der Waals surface area (Å²) in [6.07, 6.45) is 1.11. The monoisotopic (exact) mass is 512 g/mol. The van der Waals surface area contributed by atoms with Gasteiger partial charge in [-0.3, -0.25) is 8.32 Å².